The number of carboxylic acids is 2. The lowest BCUT2D eigenvalue weighted by Gasteiger charge is -2.26. The van der Waals surface area contributed by atoms with Crippen molar-refractivity contribution in [2.24, 2.45) is 0 Å². The average Bonchev–Trinajstić information content (AvgIpc) is 2.66. The number of carboxylic acid groups (broad SMARTS) is 2. The van der Waals surface area contributed by atoms with Crippen LogP contribution in [0.2, 0.25) is 0 Å². The lowest BCUT2D eigenvalue weighted by atomic mass is 10.2. The summed E-state index contributed by atoms with van der Waals surface area (Å²) in [6.45, 7) is 9.99. The minimum Gasteiger partial charge on any atom is -0.492 e. The highest BCUT2D eigenvalue weighted by molar-refractivity contribution is 9.10. The fourth-order valence-corrected chi connectivity index (χ4v) is 3.05. The van der Waals surface area contributed by atoms with Gasteiger partial charge < -0.3 is 25.0 Å². The molecule has 1 aromatic rings. The summed E-state index contributed by atoms with van der Waals surface area (Å²) in [7, 11) is 0. The molecule has 1 aliphatic rings. The molecule has 158 valence electrons. The molecule has 0 unspecified atom stereocenters. The molecule has 0 atom stereocenters. The Bertz CT molecular complexity index is 596. The van der Waals surface area contributed by atoms with Crippen LogP contribution in [0.3, 0.4) is 0 Å². The SMILES string of the molecule is Cc1ccc(OCCCCNCCN2CCOCC2)c(Br)c1.O=C(O)C(=O)O. The molecule has 1 saturated heterocycles. The molecule has 1 aliphatic heterocycles. The first kappa shape index (κ1) is 24.4. The van der Waals surface area contributed by atoms with E-state index < -0.39 is 11.9 Å². The number of halogens is 1. The molecule has 3 N–H and O–H groups in total. The molecule has 9 heteroatoms. The van der Waals surface area contributed by atoms with Crippen LogP contribution in [0.4, 0.5) is 0 Å². The van der Waals surface area contributed by atoms with Crippen molar-refractivity contribution in [3.8, 4) is 5.75 Å². The molecule has 0 bridgehead atoms. The Morgan fingerprint density at radius 2 is 1.86 bits per heavy atom. The quantitative estimate of drug-likeness (QED) is 0.379. The first-order valence-electron chi connectivity index (χ1n) is 9.26. The first-order chi connectivity index (χ1) is 13.4. The smallest absolute Gasteiger partial charge is 0.414 e. The molecular weight excluding hydrogens is 432 g/mol. The van der Waals surface area contributed by atoms with Crippen LogP contribution in [0.5, 0.6) is 5.75 Å². The lowest BCUT2D eigenvalue weighted by Crippen LogP contribution is -2.40. The third-order valence-corrected chi connectivity index (χ3v) is 4.60. The molecule has 1 fully saturated rings. The van der Waals surface area contributed by atoms with E-state index in [0.29, 0.717) is 0 Å². The fourth-order valence-electron chi connectivity index (χ4n) is 2.44. The molecule has 0 aliphatic carbocycles. The number of hydrogen-bond donors (Lipinski definition) is 3. The number of unbranched alkanes of at least 4 members (excludes halogenated alkanes) is 1. The number of morpholine rings is 1. The summed E-state index contributed by atoms with van der Waals surface area (Å²) in [5.41, 5.74) is 1.24. The second kappa shape index (κ2) is 14.3. The fraction of sp³-hybridized carbons (Fsp3) is 0.579. The summed E-state index contributed by atoms with van der Waals surface area (Å²) >= 11 is 3.54. The molecule has 1 aromatic carbocycles. The van der Waals surface area contributed by atoms with Gasteiger partial charge in [0, 0.05) is 26.2 Å². The van der Waals surface area contributed by atoms with Gasteiger partial charge in [0.15, 0.2) is 0 Å². The molecule has 8 nitrogen and oxygen atoms in total. The standard InChI is InChI=1S/C17H27BrN2O2.C2H2O4/c1-15-4-5-17(16(18)14-15)22-11-3-2-6-19-7-8-20-9-12-21-13-10-20;3-1(4)2(5)6/h4-5,14,19H,2-3,6-13H2,1H3;(H,3,4)(H,5,6). The first-order valence-corrected chi connectivity index (χ1v) is 10.1. The number of ether oxygens (including phenoxy) is 2. The van der Waals surface area contributed by atoms with E-state index in [4.69, 9.17) is 29.3 Å². The number of aryl methyl sites for hydroxylation is 1. The summed E-state index contributed by atoms with van der Waals surface area (Å²) in [5, 5.41) is 18.3. The maximum atomic E-state index is 9.10. The zero-order valence-electron chi connectivity index (χ0n) is 16.2. The Hall–Kier alpha value is -1.68. The summed E-state index contributed by atoms with van der Waals surface area (Å²) < 4.78 is 12.2. The van der Waals surface area contributed by atoms with E-state index in [1.807, 2.05) is 6.07 Å². The van der Waals surface area contributed by atoms with E-state index in [1.165, 1.54) is 5.56 Å². The van der Waals surface area contributed by atoms with Gasteiger partial charge in [0.25, 0.3) is 0 Å². The van der Waals surface area contributed by atoms with E-state index in [0.717, 1.165) is 75.6 Å². The Morgan fingerprint density at radius 3 is 2.46 bits per heavy atom. The highest BCUT2D eigenvalue weighted by atomic mass is 79.9. The zero-order chi connectivity index (χ0) is 20.8. The van der Waals surface area contributed by atoms with Gasteiger partial charge in [-0.2, -0.15) is 0 Å². The van der Waals surface area contributed by atoms with Gasteiger partial charge in [-0.05, 0) is 59.9 Å². The van der Waals surface area contributed by atoms with Crippen molar-refractivity contribution >= 4 is 27.9 Å². The molecule has 2 rings (SSSR count). The molecular formula is C19H29BrN2O6. The van der Waals surface area contributed by atoms with E-state index in [-0.39, 0.29) is 0 Å². The minimum atomic E-state index is -1.82. The van der Waals surface area contributed by atoms with Crippen molar-refractivity contribution in [2.45, 2.75) is 19.8 Å². The molecule has 0 amide bonds. The molecule has 1 heterocycles. The average molecular weight is 461 g/mol. The molecule has 0 aromatic heterocycles. The second-order valence-electron chi connectivity index (χ2n) is 6.30. The van der Waals surface area contributed by atoms with Crippen LogP contribution in [-0.2, 0) is 14.3 Å². The molecule has 0 saturated carbocycles. The number of rotatable bonds is 9. The van der Waals surface area contributed by atoms with E-state index >= 15 is 0 Å². The summed E-state index contributed by atoms with van der Waals surface area (Å²) in [5.74, 6) is -2.71. The van der Waals surface area contributed by atoms with Gasteiger partial charge >= 0.3 is 11.9 Å². The van der Waals surface area contributed by atoms with Crippen molar-refractivity contribution < 1.29 is 29.3 Å². The van der Waals surface area contributed by atoms with Crippen molar-refractivity contribution in [1.82, 2.24) is 10.2 Å². The van der Waals surface area contributed by atoms with Gasteiger partial charge in [0.05, 0.1) is 24.3 Å². The largest absolute Gasteiger partial charge is 0.492 e. The number of carbonyl (C=O) groups is 2. The van der Waals surface area contributed by atoms with E-state index in [1.54, 1.807) is 0 Å². The van der Waals surface area contributed by atoms with Gasteiger partial charge in [-0.1, -0.05) is 6.07 Å². The Kier molecular flexibility index (Phi) is 12.5. The number of benzene rings is 1. The number of hydrogen-bond acceptors (Lipinski definition) is 6. The third kappa shape index (κ3) is 11.2. The molecule has 28 heavy (non-hydrogen) atoms. The normalized spacial score (nSPS) is 14.1. The van der Waals surface area contributed by atoms with Crippen molar-refractivity contribution in [3.63, 3.8) is 0 Å². The summed E-state index contributed by atoms with van der Waals surface area (Å²) in [6.07, 6.45) is 2.22. The zero-order valence-corrected chi connectivity index (χ0v) is 17.7. The monoisotopic (exact) mass is 460 g/mol. The van der Waals surface area contributed by atoms with Crippen LogP contribution >= 0.6 is 15.9 Å². The van der Waals surface area contributed by atoms with Gasteiger partial charge in [0.1, 0.15) is 5.75 Å². The second-order valence-corrected chi connectivity index (χ2v) is 7.16. The van der Waals surface area contributed by atoms with E-state index in [2.05, 4.69) is 45.2 Å². The lowest BCUT2D eigenvalue weighted by molar-refractivity contribution is -0.159. The van der Waals surface area contributed by atoms with Gasteiger partial charge in [-0.15, -0.1) is 0 Å². The maximum absolute atomic E-state index is 9.10. The number of nitrogens with zero attached hydrogens (tertiary/aromatic N) is 1. The Morgan fingerprint density at radius 1 is 1.18 bits per heavy atom. The topological polar surface area (TPSA) is 108 Å². The summed E-state index contributed by atoms with van der Waals surface area (Å²) in [4.78, 5) is 20.7. The summed E-state index contributed by atoms with van der Waals surface area (Å²) in [6, 6.07) is 6.19. The highest BCUT2D eigenvalue weighted by Crippen LogP contribution is 2.25. The number of aliphatic carboxylic acids is 2. The Balaban J connectivity index is 0.000000568. The molecule has 0 spiro atoms. The van der Waals surface area contributed by atoms with Gasteiger partial charge in [-0.3, -0.25) is 4.90 Å². The van der Waals surface area contributed by atoms with Gasteiger partial charge in [-0.25, -0.2) is 9.59 Å². The van der Waals surface area contributed by atoms with Crippen LogP contribution in [-0.4, -0.2) is 79.6 Å². The number of nitrogens with one attached hydrogen (secondary N) is 1. The highest BCUT2D eigenvalue weighted by Gasteiger charge is 2.08. The van der Waals surface area contributed by atoms with Crippen LogP contribution in [0.25, 0.3) is 0 Å². The van der Waals surface area contributed by atoms with Crippen molar-refractivity contribution in [2.75, 3.05) is 52.5 Å². The van der Waals surface area contributed by atoms with Gasteiger partial charge in [0.2, 0.25) is 0 Å². The van der Waals surface area contributed by atoms with Crippen LogP contribution in [0.15, 0.2) is 22.7 Å². The predicted octanol–water partition coefficient (Wildman–Crippen LogP) is 1.99. The van der Waals surface area contributed by atoms with Crippen molar-refractivity contribution in [1.29, 1.82) is 0 Å². The molecule has 0 radical (unpaired) electrons. The van der Waals surface area contributed by atoms with Crippen LogP contribution in [0.1, 0.15) is 18.4 Å². The van der Waals surface area contributed by atoms with E-state index in [9.17, 15) is 0 Å². The van der Waals surface area contributed by atoms with Crippen molar-refractivity contribution in [3.05, 3.63) is 28.2 Å². The predicted molar refractivity (Wildman–Crippen MR) is 109 cm³/mol. The maximum Gasteiger partial charge on any atom is 0.414 e. The van der Waals surface area contributed by atoms with Crippen LogP contribution < -0.4 is 10.1 Å². The minimum absolute atomic E-state index is 0.771. The third-order valence-electron chi connectivity index (χ3n) is 3.98. The van der Waals surface area contributed by atoms with Crippen LogP contribution in [0, 0.1) is 6.92 Å². The Labute approximate surface area is 173 Å².